The van der Waals surface area contributed by atoms with E-state index < -0.39 is 0 Å². The molecule has 0 N–H and O–H groups in total. The number of ether oxygens (including phenoxy) is 1. The van der Waals surface area contributed by atoms with Crippen molar-refractivity contribution in [2.24, 2.45) is 11.8 Å². The Labute approximate surface area is 119 Å². The number of hydrogen-bond acceptors (Lipinski definition) is 3. The van der Waals surface area contributed by atoms with Crippen LogP contribution in [0.1, 0.15) is 25.3 Å². The summed E-state index contributed by atoms with van der Waals surface area (Å²) in [7, 11) is 0. The molecule has 1 aromatic carbocycles. The predicted molar refractivity (Wildman–Crippen MR) is 76.2 cm³/mol. The molecule has 0 aliphatic carbocycles. The van der Waals surface area contributed by atoms with Crippen molar-refractivity contribution in [3.05, 3.63) is 35.9 Å². The van der Waals surface area contributed by atoms with E-state index in [-0.39, 0.29) is 6.09 Å². The lowest BCUT2D eigenvalue weighted by Gasteiger charge is -2.35. The quantitative estimate of drug-likeness (QED) is 0.794. The van der Waals surface area contributed by atoms with E-state index in [9.17, 15) is 9.59 Å². The lowest BCUT2D eigenvalue weighted by molar-refractivity contribution is -0.109. The molecule has 0 unspecified atom stereocenters. The van der Waals surface area contributed by atoms with E-state index in [1.165, 1.54) is 0 Å². The van der Waals surface area contributed by atoms with E-state index in [2.05, 4.69) is 6.92 Å². The average Bonchev–Trinajstić information content (AvgIpc) is 2.48. The molecule has 0 bridgehead atoms. The molecule has 4 heteroatoms. The van der Waals surface area contributed by atoms with E-state index in [1.807, 2.05) is 30.3 Å². The maximum Gasteiger partial charge on any atom is 0.410 e. The molecule has 20 heavy (non-hydrogen) atoms. The second kappa shape index (κ2) is 7.08. The number of likely N-dealkylation sites (tertiary alicyclic amines) is 1. The highest BCUT2D eigenvalue weighted by Crippen LogP contribution is 2.25. The molecule has 108 valence electrons. The number of rotatable bonds is 4. The van der Waals surface area contributed by atoms with Crippen molar-refractivity contribution in [3.8, 4) is 0 Å². The maximum atomic E-state index is 12.0. The van der Waals surface area contributed by atoms with E-state index >= 15 is 0 Å². The highest BCUT2D eigenvalue weighted by molar-refractivity contribution is 5.67. The van der Waals surface area contributed by atoms with Crippen LogP contribution in [0.25, 0.3) is 0 Å². The Bertz CT molecular complexity index is 446. The summed E-state index contributed by atoms with van der Waals surface area (Å²) in [6.45, 7) is 3.75. The Balaban J connectivity index is 1.80. The van der Waals surface area contributed by atoms with Crippen LogP contribution >= 0.6 is 0 Å². The first-order valence-electron chi connectivity index (χ1n) is 7.10. The largest absolute Gasteiger partial charge is 0.445 e. The standard InChI is InChI=1S/C16H21NO3/c1-13-11-17(9-7-15(13)8-10-18)16(19)20-12-14-5-3-2-4-6-14/h2-6,10,13,15H,7-9,11-12H2,1H3/t13-,15-/m0/s1. The molecular weight excluding hydrogens is 254 g/mol. The highest BCUT2D eigenvalue weighted by atomic mass is 16.6. The fraction of sp³-hybridized carbons (Fsp3) is 0.500. The fourth-order valence-corrected chi connectivity index (χ4v) is 2.64. The second-order valence-electron chi connectivity index (χ2n) is 5.41. The topological polar surface area (TPSA) is 46.6 Å². The van der Waals surface area contributed by atoms with Crippen molar-refractivity contribution in [1.29, 1.82) is 0 Å². The van der Waals surface area contributed by atoms with Gasteiger partial charge in [-0.3, -0.25) is 0 Å². The van der Waals surface area contributed by atoms with E-state index in [1.54, 1.807) is 4.90 Å². The summed E-state index contributed by atoms with van der Waals surface area (Å²) in [5.41, 5.74) is 0.990. The molecule has 1 aliphatic rings. The molecule has 1 heterocycles. The van der Waals surface area contributed by atoms with Crippen molar-refractivity contribution in [3.63, 3.8) is 0 Å². The minimum Gasteiger partial charge on any atom is -0.445 e. The molecule has 1 amide bonds. The van der Waals surface area contributed by atoms with Gasteiger partial charge in [0.2, 0.25) is 0 Å². The summed E-state index contributed by atoms with van der Waals surface area (Å²) in [6.07, 6.45) is 2.18. The zero-order chi connectivity index (χ0) is 14.4. The normalized spacial score (nSPS) is 22.4. The number of piperidine rings is 1. The van der Waals surface area contributed by atoms with Gasteiger partial charge >= 0.3 is 6.09 Å². The van der Waals surface area contributed by atoms with Gasteiger partial charge in [0.25, 0.3) is 0 Å². The summed E-state index contributed by atoms with van der Waals surface area (Å²) in [5, 5.41) is 0. The summed E-state index contributed by atoms with van der Waals surface area (Å²) < 4.78 is 5.33. The number of benzene rings is 1. The Morgan fingerprint density at radius 1 is 1.40 bits per heavy atom. The van der Waals surface area contributed by atoms with Gasteiger partial charge in [0.15, 0.2) is 0 Å². The molecule has 0 aromatic heterocycles. The lowest BCUT2D eigenvalue weighted by atomic mass is 9.85. The summed E-state index contributed by atoms with van der Waals surface area (Å²) in [6, 6.07) is 9.66. The molecular formula is C16H21NO3. The van der Waals surface area contributed by atoms with Crippen LogP contribution < -0.4 is 0 Å². The van der Waals surface area contributed by atoms with Crippen molar-refractivity contribution >= 4 is 12.4 Å². The van der Waals surface area contributed by atoms with Gasteiger partial charge in [-0.2, -0.15) is 0 Å². The molecule has 1 aliphatic heterocycles. The first kappa shape index (κ1) is 14.6. The Morgan fingerprint density at radius 3 is 2.80 bits per heavy atom. The summed E-state index contributed by atoms with van der Waals surface area (Å²) >= 11 is 0. The van der Waals surface area contributed by atoms with Crippen LogP contribution in [0, 0.1) is 11.8 Å². The van der Waals surface area contributed by atoms with Crippen LogP contribution in [0.2, 0.25) is 0 Å². The summed E-state index contributed by atoms with van der Waals surface area (Å²) in [4.78, 5) is 24.3. The number of nitrogens with zero attached hydrogens (tertiary/aromatic N) is 1. The van der Waals surface area contributed by atoms with Gasteiger partial charge in [-0.05, 0) is 23.8 Å². The third-order valence-electron chi connectivity index (χ3n) is 3.95. The van der Waals surface area contributed by atoms with E-state index in [0.717, 1.165) is 18.3 Å². The molecule has 0 radical (unpaired) electrons. The number of amides is 1. The zero-order valence-electron chi connectivity index (χ0n) is 11.8. The van der Waals surface area contributed by atoms with E-state index in [4.69, 9.17) is 4.74 Å². The first-order valence-corrected chi connectivity index (χ1v) is 7.10. The predicted octanol–water partition coefficient (Wildman–Crippen LogP) is 2.87. The van der Waals surface area contributed by atoms with Gasteiger partial charge in [-0.15, -0.1) is 0 Å². The average molecular weight is 275 g/mol. The van der Waals surface area contributed by atoms with Crippen LogP contribution in [0.5, 0.6) is 0 Å². The van der Waals surface area contributed by atoms with Crippen LogP contribution in [-0.2, 0) is 16.1 Å². The van der Waals surface area contributed by atoms with Crippen LogP contribution in [-0.4, -0.2) is 30.4 Å². The summed E-state index contributed by atoms with van der Waals surface area (Å²) in [5.74, 6) is 0.740. The van der Waals surface area contributed by atoms with Gasteiger partial charge in [-0.25, -0.2) is 4.79 Å². The van der Waals surface area contributed by atoms with Crippen LogP contribution in [0.3, 0.4) is 0 Å². The molecule has 4 nitrogen and oxygen atoms in total. The van der Waals surface area contributed by atoms with Gasteiger partial charge in [0.1, 0.15) is 12.9 Å². The van der Waals surface area contributed by atoms with Crippen molar-refractivity contribution in [2.75, 3.05) is 13.1 Å². The van der Waals surface area contributed by atoms with Gasteiger partial charge < -0.3 is 14.4 Å². The SMILES string of the molecule is C[C@H]1CN(C(=O)OCc2ccccc2)CC[C@H]1CC=O. The molecule has 1 fully saturated rings. The number of hydrogen-bond donors (Lipinski definition) is 0. The molecule has 2 rings (SSSR count). The van der Waals surface area contributed by atoms with E-state index in [0.29, 0.717) is 38.0 Å². The molecule has 1 aromatic rings. The zero-order valence-corrected chi connectivity index (χ0v) is 11.8. The van der Waals surface area contributed by atoms with Gasteiger partial charge in [0.05, 0.1) is 0 Å². The monoisotopic (exact) mass is 275 g/mol. The maximum absolute atomic E-state index is 12.0. The second-order valence-corrected chi connectivity index (χ2v) is 5.41. The van der Waals surface area contributed by atoms with Crippen molar-refractivity contribution in [1.82, 2.24) is 4.90 Å². The molecule has 0 saturated carbocycles. The number of carbonyl (C=O) groups is 2. The number of aldehydes is 1. The number of carbonyl (C=O) groups excluding carboxylic acids is 2. The van der Waals surface area contributed by atoms with Gasteiger partial charge in [0, 0.05) is 19.5 Å². The smallest absolute Gasteiger partial charge is 0.410 e. The highest BCUT2D eigenvalue weighted by Gasteiger charge is 2.28. The third-order valence-corrected chi connectivity index (χ3v) is 3.95. The van der Waals surface area contributed by atoms with Crippen LogP contribution in [0.15, 0.2) is 30.3 Å². The van der Waals surface area contributed by atoms with Crippen LogP contribution in [0.4, 0.5) is 4.79 Å². The Hall–Kier alpha value is -1.84. The first-order chi connectivity index (χ1) is 9.70. The lowest BCUT2D eigenvalue weighted by Crippen LogP contribution is -2.43. The third kappa shape index (κ3) is 3.83. The minimum atomic E-state index is -0.259. The minimum absolute atomic E-state index is 0.259. The Morgan fingerprint density at radius 2 is 2.15 bits per heavy atom. The fourth-order valence-electron chi connectivity index (χ4n) is 2.64. The van der Waals surface area contributed by atoms with Gasteiger partial charge in [-0.1, -0.05) is 37.3 Å². The Kier molecular flexibility index (Phi) is 5.16. The van der Waals surface area contributed by atoms with Crippen molar-refractivity contribution in [2.45, 2.75) is 26.4 Å². The molecule has 1 saturated heterocycles. The van der Waals surface area contributed by atoms with Crippen molar-refractivity contribution < 1.29 is 14.3 Å². The molecule has 2 atom stereocenters. The molecule has 0 spiro atoms.